The Morgan fingerprint density at radius 1 is 0.583 bits per heavy atom. The molecule has 0 heterocycles. The van der Waals surface area contributed by atoms with Crippen LogP contribution in [-0.4, -0.2) is 37.5 Å². The Morgan fingerprint density at radius 3 is 1.03 bits per heavy atom. The molecule has 3 aromatic carbocycles. The predicted octanol–water partition coefficient (Wildman–Crippen LogP) is 4.45. The number of sulfonamides is 2. The van der Waals surface area contributed by atoms with Crippen LogP contribution in [0.15, 0.2) is 91.0 Å². The molecule has 0 N–H and O–H groups in total. The zero-order valence-corrected chi connectivity index (χ0v) is 21.0. The van der Waals surface area contributed by atoms with Crippen molar-refractivity contribution in [3.63, 3.8) is 0 Å². The predicted molar refractivity (Wildman–Crippen MR) is 127 cm³/mol. The van der Waals surface area contributed by atoms with Gasteiger partial charge in [0.15, 0.2) is 0 Å². The van der Waals surface area contributed by atoms with Crippen molar-refractivity contribution in [1.82, 2.24) is 3.48 Å². The molecular weight excluding hydrogens is 551 g/mol. The van der Waals surface area contributed by atoms with Crippen LogP contribution in [0.3, 0.4) is 0 Å². The van der Waals surface area contributed by atoms with Crippen molar-refractivity contribution in [1.29, 1.82) is 0 Å². The number of alkyl halides is 6. The van der Waals surface area contributed by atoms with Crippen molar-refractivity contribution < 1.29 is 43.2 Å². The van der Waals surface area contributed by atoms with Gasteiger partial charge in [-0.15, -0.1) is 0 Å². The normalized spacial score (nSPS) is 14.8. The molecule has 0 saturated carbocycles. The van der Waals surface area contributed by atoms with Gasteiger partial charge in [0.05, 0.1) is 0 Å². The van der Waals surface area contributed by atoms with Gasteiger partial charge in [-0.2, -0.15) is 0 Å². The van der Waals surface area contributed by atoms with Crippen molar-refractivity contribution in [3.8, 4) is 0 Å². The van der Waals surface area contributed by atoms with E-state index < -0.39 is 47.5 Å². The van der Waals surface area contributed by atoms with Crippen molar-refractivity contribution in [2.75, 3.05) is 6.16 Å². The van der Waals surface area contributed by atoms with Gasteiger partial charge in [0, 0.05) is 0 Å². The Morgan fingerprint density at radius 2 is 0.833 bits per heavy atom. The Balaban J connectivity index is 2.86. The Bertz CT molecular complexity index is 1290. The number of benzene rings is 3. The second-order valence-corrected chi connectivity index (χ2v) is 17.1. The first-order valence-electron chi connectivity index (χ1n) is 10.2. The minimum absolute atomic E-state index is 0.316. The molecule has 0 aliphatic rings. The number of nitrogens with zero attached hydrogens (tertiary/aromatic N) is 1. The number of hydrogen-bond donors (Lipinski definition) is 0. The van der Waals surface area contributed by atoms with Crippen LogP contribution < -0.4 is 15.9 Å². The van der Waals surface area contributed by atoms with Gasteiger partial charge in [0.25, 0.3) is 0 Å². The van der Waals surface area contributed by atoms with Gasteiger partial charge in [-0.1, -0.05) is 0 Å². The maximum atomic E-state index is 14.1. The van der Waals surface area contributed by atoms with Crippen LogP contribution in [0.2, 0.25) is 0 Å². The van der Waals surface area contributed by atoms with Crippen LogP contribution in [0.4, 0.5) is 26.3 Å². The van der Waals surface area contributed by atoms with Crippen molar-refractivity contribution in [2.45, 2.75) is 17.9 Å². The molecule has 36 heavy (non-hydrogen) atoms. The fourth-order valence-electron chi connectivity index (χ4n) is 4.42. The summed E-state index contributed by atoms with van der Waals surface area (Å²) in [5.74, 6) is 0. The topological polar surface area (TPSA) is 71.5 Å². The fraction of sp³-hybridized carbons (Fsp3) is 0.182. The summed E-state index contributed by atoms with van der Waals surface area (Å²) in [5.41, 5.74) is -12.8. The number of rotatable bonds is 7. The molecule has 0 amide bonds. The summed E-state index contributed by atoms with van der Waals surface area (Å²) in [7, 11) is -14.3. The molecule has 3 rings (SSSR count). The van der Waals surface area contributed by atoms with Crippen LogP contribution in [-0.2, 0) is 20.0 Å². The molecule has 0 bridgehead atoms. The average Bonchev–Trinajstić information content (AvgIpc) is 2.82. The van der Waals surface area contributed by atoms with E-state index in [1.807, 2.05) is 0 Å². The molecule has 3 aromatic rings. The molecule has 0 fully saturated rings. The van der Waals surface area contributed by atoms with Gasteiger partial charge in [-0.3, -0.25) is 0 Å². The monoisotopic (exact) mass is 571 g/mol. The Labute approximate surface area is 204 Å². The van der Waals surface area contributed by atoms with E-state index in [0.29, 0.717) is 0 Å². The molecular formula is C22H20F6NO4PS2. The molecule has 0 aromatic heterocycles. The third-order valence-corrected chi connectivity index (χ3v) is 18.7. The summed E-state index contributed by atoms with van der Waals surface area (Å²) in [6.07, 6.45) is -0.742. The van der Waals surface area contributed by atoms with E-state index in [4.69, 9.17) is 0 Å². The van der Waals surface area contributed by atoms with Crippen LogP contribution in [0.1, 0.15) is 6.92 Å². The zero-order chi connectivity index (χ0) is 27.1. The van der Waals surface area contributed by atoms with Gasteiger partial charge in [-0.05, 0) is 0 Å². The van der Waals surface area contributed by atoms with Gasteiger partial charge in [0.2, 0.25) is 0 Å². The van der Waals surface area contributed by atoms with Gasteiger partial charge < -0.3 is 0 Å². The molecule has 0 saturated heterocycles. The number of hydrogen-bond acceptors (Lipinski definition) is 4. The SMILES string of the molecule is CCP(c1ccccc1)(c1ccccc1)(c1ccccc1)N(S(=O)(=O)C(F)(F)F)S(=O)(=O)C(F)(F)F. The molecule has 196 valence electrons. The third kappa shape index (κ3) is 3.84. The van der Waals surface area contributed by atoms with E-state index in [9.17, 15) is 43.2 Å². The molecule has 0 unspecified atom stereocenters. The first kappa shape index (κ1) is 28.1. The minimum atomic E-state index is -7.17. The third-order valence-electron chi connectivity index (χ3n) is 5.91. The van der Waals surface area contributed by atoms with Crippen molar-refractivity contribution in [2.24, 2.45) is 0 Å². The van der Waals surface area contributed by atoms with Crippen LogP contribution in [0.5, 0.6) is 0 Å². The summed E-state index contributed by atoms with van der Waals surface area (Å²) >= 11 is 0. The van der Waals surface area contributed by atoms with E-state index in [-0.39, 0.29) is 15.9 Å². The van der Waals surface area contributed by atoms with Gasteiger partial charge >= 0.3 is 204 Å². The molecule has 0 aliphatic heterocycles. The molecule has 0 spiro atoms. The van der Waals surface area contributed by atoms with Gasteiger partial charge in [-0.25, -0.2) is 0 Å². The van der Waals surface area contributed by atoms with Crippen molar-refractivity contribution >= 4 is 42.7 Å². The standard InChI is InChI=1S/C22H20F6NO4PS2/c1-2-34(18-12-6-3-7-13-18,19-14-8-4-9-15-19,20-16-10-5-11-17-20)29(35(30,31)21(23,24)25)36(32,33)22(26,27)28/h3-17H,2H2,1H3. The second-order valence-electron chi connectivity index (χ2n) is 7.65. The summed E-state index contributed by atoms with van der Waals surface area (Å²) in [6.45, 7) is -4.71. The summed E-state index contributed by atoms with van der Waals surface area (Å²) < 4.78 is 136. The van der Waals surface area contributed by atoms with Crippen LogP contribution >= 0.6 is 6.75 Å². The quantitative estimate of drug-likeness (QED) is 0.311. The van der Waals surface area contributed by atoms with Gasteiger partial charge in [0.1, 0.15) is 0 Å². The molecule has 0 atom stereocenters. The molecule has 14 heteroatoms. The summed E-state index contributed by atoms with van der Waals surface area (Å²) in [4.78, 5) is 0. The van der Waals surface area contributed by atoms with E-state index in [2.05, 4.69) is 0 Å². The first-order valence-corrected chi connectivity index (χ1v) is 15.5. The second kappa shape index (κ2) is 9.13. The number of halogens is 6. The zero-order valence-electron chi connectivity index (χ0n) is 18.5. The maximum absolute atomic E-state index is 14.1. The van der Waals surface area contributed by atoms with E-state index in [1.54, 1.807) is 0 Å². The van der Waals surface area contributed by atoms with Crippen molar-refractivity contribution in [3.05, 3.63) is 91.0 Å². The molecule has 0 aliphatic carbocycles. The molecule has 5 nitrogen and oxygen atoms in total. The summed E-state index contributed by atoms with van der Waals surface area (Å²) in [5, 5.41) is -0.947. The van der Waals surface area contributed by atoms with E-state index >= 15 is 0 Å². The average molecular weight is 572 g/mol. The van der Waals surface area contributed by atoms with E-state index in [0.717, 1.165) is 36.4 Å². The molecule has 0 radical (unpaired) electrons. The first-order chi connectivity index (χ1) is 16.6. The van der Waals surface area contributed by atoms with Crippen LogP contribution in [0, 0.1) is 0 Å². The fourth-order valence-corrected chi connectivity index (χ4v) is 18.3. The van der Waals surface area contributed by atoms with E-state index in [1.165, 1.54) is 61.5 Å². The van der Waals surface area contributed by atoms with Crippen LogP contribution in [0.25, 0.3) is 0 Å². The summed E-state index contributed by atoms with van der Waals surface area (Å²) in [6, 6.07) is 18.9. The Kier molecular flexibility index (Phi) is 7.12. The Hall–Kier alpha value is -2.47.